The molecule has 0 radical (unpaired) electrons. The van der Waals surface area contributed by atoms with E-state index in [-0.39, 0.29) is 0 Å². The van der Waals surface area contributed by atoms with Gasteiger partial charge in [0.05, 0.1) is 0 Å². The van der Waals surface area contributed by atoms with Crippen LogP contribution in [-0.2, 0) is 18.1 Å². The summed E-state index contributed by atoms with van der Waals surface area (Å²) in [6.07, 6.45) is 6.66. The van der Waals surface area contributed by atoms with E-state index in [2.05, 4.69) is 6.92 Å². The molecule has 1 fully saturated rings. The molecule has 80 valence electrons. The van der Waals surface area contributed by atoms with Gasteiger partial charge in [-0.15, -0.1) is 0 Å². The molecule has 1 saturated heterocycles. The standard InChI is InChI=1S/C9H16O4Si/c1-2-3-4-5-6-7-9(8-10)12-14(11)13-9/h8H,2-7H2,1H3. The highest BCUT2D eigenvalue weighted by Crippen LogP contribution is 2.27. The monoisotopic (exact) mass is 216 g/mol. The normalized spacial score (nSPS) is 17.9. The summed E-state index contributed by atoms with van der Waals surface area (Å²) in [5.74, 6) is -1.16. The first-order valence-corrected chi connectivity index (χ1v) is 6.33. The number of rotatable bonds is 7. The van der Waals surface area contributed by atoms with E-state index in [4.69, 9.17) is 8.85 Å². The van der Waals surface area contributed by atoms with E-state index in [9.17, 15) is 9.26 Å². The van der Waals surface area contributed by atoms with Crippen LogP contribution in [0.1, 0.15) is 45.4 Å². The Hall–Kier alpha value is -0.713. The Morgan fingerprint density at radius 1 is 1.21 bits per heavy atom. The maximum Gasteiger partial charge on any atom is 0.773 e. The van der Waals surface area contributed by atoms with Crippen molar-refractivity contribution in [3.8, 4) is 0 Å². The number of carbonyl (C=O) groups is 1. The second-order valence-electron chi connectivity index (χ2n) is 3.55. The molecule has 0 bridgehead atoms. The van der Waals surface area contributed by atoms with Gasteiger partial charge in [-0.25, -0.2) is 0 Å². The van der Waals surface area contributed by atoms with Crippen LogP contribution in [0, 0.1) is 0 Å². The molecule has 1 heterocycles. The average molecular weight is 216 g/mol. The summed E-state index contributed by atoms with van der Waals surface area (Å²) in [6.45, 7) is 2.15. The van der Waals surface area contributed by atoms with Crippen molar-refractivity contribution in [1.82, 2.24) is 0 Å². The van der Waals surface area contributed by atoms with E-state index >= 15 is 0 Å². The molecule has 0 aliphatic carbocycles. The van der Waals surface area contributed by atoms with E-state index in [1.54, 1.807) is 0 Å². The van der Waals surface area contributed by atoms with Gasteiger partial charge in [0.25, 0.3) is 5.79 Å². The van der Waals surface area contributed by atoms with Gasteiger partial charge in [0.15, 0.2) is 0 Å². The maximum atomic E-state index is 10.6. The van der Waals surface area contributed by atoms with E-state index < -0.39 is 15.0 Å². The Kier molecular flexibility index (Phi) is 4.25. The summed E-state index contributed by atoms with van der Waals surface area (Å²) in [7, 11) is -2.34. The second-order valence-corrected chi connectivity index (χ2v) is 4.46. The molecule has 0 aromatic rings. The molecule has 1 rings (SSSR count). The minimum atomic E-state index is -2.34. The fraction of sp³-hybridized carbons (Fsp3) is 0.889. The second kappa shape index (κ2) is 5.24. The lowest BCUT2D eigenvalue weighted by Gasteiger charge is -2.35. The Bertz CT molecular complexity index is 209. The molecule has 0 aromatic heterocycles. The molecular weight excluding hydrogens is 200 g/mol. The molecule has 0 atom stereocenters. The topological polar surface area (TPSA) is 52.6 Å². The molecule has 5 heteroatoms. The van der Waals surface area contributed by atoms with Gasteiger partial charge in [-0.05, 0) is 6.42 Å². The van der Waals surface area contributed by atoms with Crippen molar-refractivity contribution in [2.45, 2.75) is 51.2 Å². The number of hydrogen-bond acceptors (Lipinski definition) is 4. The molecule has 1 aliphatic rings. The third-order valence-electron chi connectivity index (χ3n) is 2.32. The van der Waals surface area contributed by atoms with E-state index in [0.717, 1.165) is 12.8 Å². The van der Waals surface area contributed by atoms with Crippen molar-refractivity contribution in [3.63, 3.8) is 0 Å². The highest BCUT2D eigenvalue weighted by atomic mass is 28.3. The zero-order valence-electron chi connectivity index (χ0n) is 8.45. The van der Waals surface area contributed by atoms with Crippen LogP contribution >= 0.6 is 0 Å². The van der Waals surface area contributed by atoms with Crippen LogP contribution in [0.15, 0.2) is 0 Å². The summed E-state index contributed by atoms with van der Waals surface area (Å²) in [5, 5.41) is 0. The maximum absolute atomic E-state index is 10.6. The van der Waals surface area contributed by atoms with Crippen molar-refractivity contribution < 1.29 is 18.1 Å². The third-order valence-corrected chi connectivity index (χ3v) is 3.34. The van der Waals surface area contributed by atoms with Crippen LogP contribution in [0.25, 0.3) is 0 Å². The van der Waals surface area contributed by atoms with Gasteiger partial charge in [-0.1, -0.05) is 32.6 Å². The number of hydrogen-bond donors (Lipinski definition) is 0. The predicted molar refractivity (Wildman–Crippen MR) is 50.8 cm³/mol. The summed E-state index contributed by atoms with van der Waals surface area (Å²) in [5.41, 5.74) is 0. The molecule has 0 spiro atoms. The number of unbranched alkanes of at least 4 members (excludes halogenated alkanes) is 4. The largest absolute Gasteiger partial charge is 0.773 e. The van der Waals surface area contributed by atoms with Gasteiger partial charge < -0.3 is 8.85 Å². The Labute approximate surface area is 85.5 Å². The van der Waals surface area contributed by atoms with Crippen molar-refractivity contribution in [2.75, 3.05) is 0 Å². The lowest BCUT2D eigenvalue weighted by molar-refractivity contribution is -0.212. The molecular formula is C9H16O4Si. The Balaban J connectivity index is 2.10. The highest BCUT2D eigenvalue weighted by Gasteiger charge is 2.49. The zero-order valence-corrected chi connectivity index (χ0v) is 9.45. The molecule has 0 saturated carbocycles. The van der Waals surface area contributed by atoms with E-state index in [1.807, 2.05) is 0 Å². The van der Waals surface area contributed by atoms with Crippen molar-refractivity contribution in [1.29, 1.82) is 0 Å². The van der Waals surface area contributed by atoms with Crippen molar-refractivity contribution >= 4 is 15.5 Å². The Morgan fingerprint density at radius 2 is 1.86 bits per heavy atom. The summed E-state index contributed by atoms with van der Waals surface area (Å²) in [6, 6.07) is 0. The minimum Gasteiger partial charge on any atom is -0.452 e. The van der Waals surface area contributed by atoms with Gasteiger partial charge in [0.2, 0.25) is 6.29 Å². The van der Waals surface area contributed by atoms with Crippen LogP contribution in [0.2, 0.25) is 0 Å². The van der Waals surface area contributed by atoms with Gasteiger partial charge in [0.1, 0.15) is 0 Å². The first kappa shape index (κ1) is 11.4. The van der Waals surface area contributed by atoms with Crippen molar-refractivity contribution in [3.05, 3.63) is 0 Å². The summed E-state index contributed by atoms with van der Waals surface area (Å²) < 4.78 is 20.3. The minimum absolute atomic E-state index is 0.524. The van der Waals surface area contributed by atoms with Crippen LogP contribution in [0.5, 0.6) is 0 Å². The van der Waals surface area contributed by atoms with Gasteiger partial charge in [-0.3, -0.25) is 9.26 Å². The fourth-order valence-corrected chi connectivity index (χ4v) is 2.35. The molecule has 14 heavy (non-hydrogen) atoms. The SMILES string of the molecule is CCCCCCCC1(C=O)O[Si](=O)O1. The summed E-state index contributed by atoms with van der Waals surface area (Å²) >= 11 is 0. The molecule has 4 nitrogen and oxygen atoms in total. The van der Waals surface area contributed by atoms with Crippen LogP contribution in [-0.4, -0.2) is 21.2 Å². The first-order valence-electron chi connectivity index (χ1n) is 5.11. The van der Waals surface area contributed by atoms with E-state index in [0.29, 0.717) is 12.7 Å². The third kappa shape index (κ3) is 2.90. The quantitative estimate of drug-likeness (QED) is 0.369. The molecule has 0 N–H and O–H groups in total. The van der Waals surface area contributed by atoms with Crippen LogP contribution < -0.4 is 0 Å². The lowest BCUT2D eigenvalue weighted by Crippen LogP contribution is -2.53. The smallest absolute Gasteiger partial charge is 0.452 e. The zero-order chi connectivity index (χ0) is 10.4. The number of carbonyl (C=O) groups excluding carboxylic acids is 1. The average Bonchev–Trinajstić information content (AvgIpc) is 2.14. The van der Waals surface area contributed by atoms with Crippen LogP contribution in [0.3, 0.4) is 0 Å². The van der Waals surface area contributed by atoms with Crippen molar-refractivity contribution in [2.24, 2.45) is 0 Å². The molecule has 0 amide bonds. The first-order chi connectivity index (χ1) is 6.72. The fourth-order valence-electron chi connectivity index (χ4n) is 1.47. The Morgan fingerprint density at radius 3 is 2.36 bits per heavy atom. The van der Waals surface area contributed by atoms with Gasteiger partial charge in [-0.2, -0.15) is 0 Å². The molecule has 0 aromatic carbocycles. The molecule has 1 aliphatic heterocycles. The van der Waals surface area contributed by atoms with E-state index in [1.165, 1.54) is 19.3 Å². The van der Waals surface area contributed by atoms with Gasteiger partial charge >= 0.3 is 9.17 Å². The molecule has 0 unspecified atom stereocenters. The van der Waals surface area contributed by atoms with Crippen LogP contribution in [0.4, 0.5) is 0 Å². The predicted octanol–water partition coefficient (Wildman–Crippen LogP) is 1.70. The highest BCUT2D eigenvalue weighted by molar-refractivity contribution is 6.30. The lowest BCUT2D eigenvalue weighted by atomic mass is 10.1. The summed E-state index contributed by atoms with van der Waals surface area (Å²) in [4.78, 5) is 10.6. The number of aldehydes is 1. The van der Waals surface area contributed by atoms with Gasteiger partial charge in [0, 0.05) is 6.42 Å².